The SMILES string of the molecule is CCCC1CCC(c2noc(C(CC)C(C)=O)n2)CC1. The average molecular weight is 278 g/mol. The molecule has 20 heavy (non-hydrogen) atoms. The first-order valence-corrected chi connectivity index (χ1v) is 7.99. The van der Waals surface area contributed by atoms with Crippen molar-refractivity contribution in [3.63, 3.8) is 0 Å². The van der Waals surface area contributed by atoms with Gasteiger partial charge in [-0.2, -0.15) is 4.98 Å². The molecule has 0 amide bonds. The summed E-state index contributed by atoms with van der Waals surface area (Å²) in [6.45, 7) is 5.82. The van der Waals surface area contributed by atoms with Crippen molar-refractivity contribution >= 4 is 5.78 Å². The Labute approximate surface area is 121 Å². The van der Waals surface area contributed by atoms with Gasteiger partial charge in [-0.25, -0.2) is 0 Å². The molecule has 0 N–H and O–H groups in total. The zero-order valence-electron chi connectivity index (χ0n) is 12.9. The fourth-order valence-corrected chi connectivity index (χ4v) is 3.31. The predicted molar refractivity (Wildman–Crippen MR) is 77.6 cm³/mol. The molecule has 1 heterocycles. The van der Waals surface area contributed by atoms with Gasteiger partial charge in [0.1, 0.15) is 5.78 Å². The Morgan fingerprint density at radius 1 is 1.30 bits per heavy atom. The Balaban J connectivity index is 1.98. The lowest BCUT2D eigenvalue weighted by Crippen LogP contribution is -2.14. The molecule has 0 bridgehead atoms. The van der Waals surface area contributed by atoms with Crippen molar-refractivity contribution in [3.05, 3.63) is 11.7 Å². The Morgan fingerprint density at radius 3 is 2.55 bits per heavy atom. The van der Waals surface area contributed by atoms with Gasteiger partial charge in [-0.15, -0.1) is 0 Å². The molecule has 0 aliphatic heterocycles. The highest BCUT2D eigenvalue weighted by atomic mass is 16.5. The van der Waals surface area contributed by atoms with Gasteiger partial charge in [0.25, 0.3) is 0 Å². The molecule has 1 aliphatic rings. The molecule has 1 aromatic heterocycles. The van der Waals surface area contributed by atoms with Crippen molar-refractivity contribution in [2.45, 2.75) is 77.6 Å². The third-order valence-electron chi connectivity index (χ3n) is 4.56. The van der Waals surface area contributed by atoms with Crippen LogP contribution in [0, 0.1) is 5.92 Å². The van der Waals surface area contributed by atoms with E-state index in [1.165, 1.54) is 25.7 Å². The Morgan fingerprint density at radius 2 is 2.00 bits per heavy atom. The zero-order chi connectivity index (χ0) is 14.5. The molecular weight excluding hydrogens is 252 g/mol. The van der Waals surface area contributed by atoms with Crippen LogP contribution in [0.25, 0.3) is 0 Å². The van der Waals surface area contributed by atoms with Gasteiger partial charge in [0, 0.05) is 5.92 Å². The highest BCUT2D eigenvalue weighted by Crippen LogP contribution is 2.36. The molecule has 112 valence electrons. The van der Waals surface area contributed by atoms with E-state index in [-0.39, 0.29) is 11.7 Å². The summed E-state index contributed by atoms with van der Waals surface area (Å²) >= 11 is 0. The van der Waals surface area contributed by atoms with Crippen LogP contribution in [0.2, 0.25) is 0 Å². The van der Waals surface area contributed by atoms with Crippen molar-refractivity contribution in [1.82, 2.24) is 10.1 Å². The molecule has 4 heteroatoms. The molecule has 1 unspecified atom stereocenters. The molecule has 0 radical (unpaired) electrons. The summed E-state index contributed by atoms with van der Waals surface area (Å²) in [6, 6.07) is 0. The Bertz CT molecular complexity index is 433. The lowest BCUT2D eigenvalue weighted by Gasteiger charge is -2.26. The molecule has 0 spiro atoms. The minimum absolute atomic E-state index is 0.106. The molecule has 1 aromatic rings. The van der Waals surface area contributed by atoms with Crippen LogP contribution in [0.1, 0.15) is 89.3 Å². The number of aromatic nitrogens is 2. The van der Waals surface area contributed by atoms with Crippen LogP contribution in [0.15, 0.2) is 4.52 Å². The lowest BCUT2D eigenvalue weighted by molar-refractivity contribution is -0.119. The third kappa shape index (κ3) is 3.47. The summed E-state index contributed by atoms with van der Waals surface area (Å²) in [5.74, 6) is 2.50. The van der Waals surface area contributed by atoms with Crippen LogP contribution in [0.3, 0.4) is 0 Å². The number of ketones is 1. The van der Waals surface area contributed by atoms with Crippen molar-refractivity contribution in [2.24, 2.45) is 5.92 Å². The second kappa shape index (κ2) is 7.00. The number of carbonyl (C=O) groups is 1. The maximum atomic E-state index is 11.5. The van der Waals surface area contributed by atoms with E-state index >= 15 is 0 Å². The van der Waals surface area contributed by atoms with Gasteiger partial charge in [-0.05, 0) is 44.9 Å². The van der Waals surface area contributed by atoms with Crippen LogP contribution >= 0.6 is 0 Å². The third-order valence-corrected chi connectivity index (χ3v) is 4.56. The predicted octanol–water partition coefficient (Wildman–Crippen LogP) is 4.23. The minimum atomic E-state index is -0.229. The van der Waals surface area contributed by atoms with E-state index in [9.17, 15) is 4.79 Å². The topological polar surface area (TPSA) is 56.0 Å². The summed E-state index contributed by atoms with van der Waals surface area (Å²) in [4.78, 5) is 16.0. The molecule has 1 atom stereocenters. The molecular formula is C16H26N2O2. The standard InChI is InChI=1S/C16H26N2O2/c1-4-6-12-7-9-13(10-8-12)15-17-16(20-18-15)14(5-2)11(3)19/h12-14H,4-10H2,1-3H3. The molecule has 2 rings (SSSR count). The molecule has 1 aliphatic carbocycles. The van der Waals surface area contributed by atoms with E-state index in [1.54, 1.807) is 6.92 Å². The summed E-state index contributed by atoms with van der Waals surface area (Å²) in [6.07, 6.45) is 8.19. The van der Waals surface area contributed by atoms with Crippen LogP contribution in [-0.4, -0.2) is 15.9 Å². The molecule has 0 aromatic carbocycles. The van der Waals surface area contributed by atoms with Crippen molar-refractivity contribution in [1.29, 1.82) is 0 Å². The highest BCUT2D eigenvalue weighted by Gasteiger charge is 2.28. The first kappa shape index (κ1) is 15.2. The smallest absolute Gasteiger partial charge is 0.237 e. The number of carbonyl (C=O) groups excluding carboxylic acids is 1. The van der Waals surface area contributed by atoms with Crippen molar-refractivity contribution in [2.75, 3.05) is 0 Å². The highest BCUT2D eigenvalue weighted by molar-refractivity contribution is 5.82. The van der Waals surface area contributed by atoms with Crippen LogP contribution < -0.4 is 0 Å². The van der Waals surface area contributed by atoms with Gasteiger partial charge < -0.3 is 4.52 Å². The molecule has 4 nitrogen and oxygen atoms in total. The fourth-order valence-electron chi connectivity index (χ4n) is 3.31. The van der Waals surface area contributed by atoms with Gasteiger partial charge in [-0.3, -0.25) is 4.79 Å². The Hall–Kier alpha value is -1.19. The van der Waals surface area contributed by atoms with E-state index < -0.39 is 0 Å². The van der Waals surface area contributed by atoms with Crippen LogP contribution in [0.4, 0.5) is 0 Å². The van der Waals surface area contributed by atoms with Crippen LogP contribution in [-0.2, 0) is 4.79 Å². The quantitative estimate of drug-likeness (QED) is 0.781. The maximum absolute atomic E-state index is 11.5. The second-order valence-corrected chi connectivity index (χ2v) is 6.07. The number of hydrogen-bond acceptors (Lipinski definition) is 4. The van der Waals surface area contributed by atoms with E-state index in [1.807, 2.05) is 6.92 Å². The normalized spacial score (nSPS) is 24.6. The molecule has 1 saturated carbocycles. The monoisotopic (exact) mass is 278 g/mol. The molecule has 1 fully saturated rings. The van der Waals surface area contributed by atoms with E-state index in [2.05, 4.69) is 17.1 Å². The van der Waals surface area contributed by atoms with E-state index in [0.717, 1.165) is 31.0 Å². The minimum Gasteiger partial charge on any atom is -0.339 e. The van der Waals surface area contributed by atoms with Gasteiger partial charge in [0.2, 0.25) is 5.89 Å². The summed E-state index contributed by atoms with van der Waals surface area (Å²) < 4.78 is 5.32. The van der Waals surface area contributed by atoms with Gasteiger partial charge in [0.15, 0.2) is 5.82 Å². The van der Waals surface area contributed by atoms with Crippen molar-refractivity contribution < 1.29 is 9.32 Å². The average Bonchev–Trinajstić information content (AvgIpc) is 2.90. The van der Waals surface area contributed by atoms with Crippen molar-refractivity contribution in [3.8, 4) is 0 Å². The van der Waals surface area contributed by atoms with Gasteiger partial charge >= 0.3 is 0 Å². The lowest BCUT2D eigenvalue weighted by atomic mass is 9.80. The number of hydrogen-bond donors (Lipinski definition) is 0. The molecule has 0 saturated heterocycles. The second-order valence-electron chi connectivity index (χ2n) is 6.07. The zero-order valence-corrected chi connectivity index (χ0v) is 12.9. The van der Waals surface area contributed by atoms with Gasteiger partial charge in [-0.1, -0.05) is 31.8 Å². The number of nitrogens with zero attached hydrogens (tertiary/aromatic N) is 2. The fraction of sp³-hybridized carbons (Fsp3) is 0.812. The summed E-state index contributed by atoms with van der Waals surface area (Å²) in [5.41, 5.74) is 0. The van der Waals surface area contributed by atoms with E-state index in [0.29, 0.717) is 11.8 Å². The summed E-state index contributed by atoms with van der Waals surface area (Å²) in [5, 5.41) is 4.12. The van der Waals surface area contributed by atoms with E-state index in [4.69, 9.17) is 4.52 Å². The van der Waals surface area contributed by atoms with Gasteiger partial charge in [0.05, 0.1) is 5.92 Å². The number of rotatable bonds is 6. The largest absolute Gasteiger partial charge is 0.339 e. The van der Waals surface area contributed by atoms with Crippen LogP contribution in [0.5, 0.6) is 0 Å². The Kier molecular flexibility index (Phi) is 5.32. The first-order chi connectivity index (χ1) is 9.65. The maximum Gasteiger partial charge on any atom is 0.237 e. The number of Topliss-reactive ketones (excluding diaryl/α,β-unsaturated/α-hetero) is 1. The first-order valence-electron chi connectivity index (χ1n) is 7.99. The summed E-state index contributed by atoms with van der Waals surface area (Å²) in [7, 11) is 0.